The van der Waals surface area contributed by atoms with E-state index in [4.69, 9.17) is 4.74 Å². The van der Waals surface area contributed by atoms with E-state index in [2.05, 4.69) is 26.3 Å². The fourth-order valence-corrected chi connectivity index (χ4v) is 6.93. The number of halogens is 3. The van der Waals surface area contributed by atoms with Gasteiger partial charge in [0.05, 0.1) is 41.6 Å². The number of rotatable bonds is 13. The van der Waals surface area contributed by atoms with Crippen LogP contribution in [0.5, 0.6) is 0 Å². The number of hydrogen-bond donors (Lipinski definition) is 4. The zero-order chi connectivity index (χ0) is 40.3. The van der Waals surface area contributed by atoms with Crippen molar-refractivity contribution in [2.45, 2.75) is 38.0 Å². The Morgan fingerprint density at radius 2 is 1.60 bits per heavy atom. The van der Waals surface area contributed by atoms with Crippen LogP contribution in [0.25, 0.3) is 21.9 Å². The van der Waals surface area contributed by atoms with Gasteiger partial charge in [0.25, 0.3) is 17.7 Å². The largest absolute Gasteiger partial charge is 0.416 e. The van der Waals surface area contributed by atoms with E-state index in [1.165, 1.54) is 18.2 Å². The molecule has 1 saturated heterocycles. The Balaban J connectivity index is 0.878. The molecule has 4 N–H and O–H groups in total. The maximum absolute atomic E-state index is 13.3. The highest BCUT2D eigenvalue weighted by Crippen LogP contribution is 2.35. The Morgan fingerprint density at radius 3 is 2.35 bits per heavy atom. The average molecular weight is 779 g/mol. The van der Waals surface area contributed by atoms with Gasteiger partial charge >= 0.3 is 6.18 Å². The highest BCUT2D eigenvalue weighted by Gasteiger charge is 2.45. The van der Waals surface area contributed by atoms with Crippen molar-refractivity contribution in [1.82, 2.24) is 20.5 Å². The molecule has 2 atom stereocenters. The van der Waals surface area contributed by atoms with Gasteiger partial charge < -0.3 is 20.7 Å². The van der Waals surface area contributed by atoms with Crippen LogP contribution in [0.2, 0.25) is 0 Å². The Morgan fingerprint density at radius 1 is 0.877 bits per heavy atom. The molecule has 292 valence electrons. The van der Waals surface area contributed by atoms with Crippen molar-refractivity contribution in [2.24, 2.45) is 0 Å². The van der Waals surface area contributed by atoms with Crippen LogP contribution in [0, 0.1) is 0 Å². The van der Waals surface area contributed by atoms with Crippen molar-refractivity contribution in [3.63, 3.8) is 0 Å². The number of fused-ring (bicyclic) bond motifs is 2. The molecule has 3 heterocycles. The molecule has 1 aromatic heterocycles. The first kappa shape index (κ1) is 38.7. The topological polar surface area (TPSA) is 159 Å². The van der Waals surface area contributed by atoms with Gasteiger partial charge in [-0.15, -0.1) is 0 Å². The number of ether oxygens (including phenoxy) is 1. The predicted octanol–water partition coefficient (Wildman–Crippen LogP) is 6.35. The van der Waals surface area contributed by atoms with Crippen LogP contribution in [0.1, 0.15) is 68.1 Å². The van der Waals surface area contributed by atoms with Gasteiger partial charge in [0.15, 0.2) is 0 Å². The van der Waals surface area contributed by atoms with Gasteiger partial charge in [-0.25, -0.2) is 4.98 Å². The molecule has 0 spiro atoms. The number of aromatic nitrogens is 1. The number of alkyl halides is 3. The molecule has 2 aliphatic heterocycles. The van der Waals surface area contributed by atoms with Gasteiger partial charge in [0.1, 0.15) is 11.9 Å². The lowest BCUT2D eigenvalue weighted by molar-refractivity contribution is -0.138. The van der Waals surface area contributed by atoms with E-state index >= 15 is 0 Å². The third-order valence-corrected chi connectivity index (χ3v) is 9.81. The number of piperidine rings is 1. The summed E-state index contributed by atoms with van der Waals surface area (Å²) >= 11 is 0. The van der Waals surface area contributed by atoms with Gasteiger partial charge in [0, 0.05) is 30.8 Å². The zero-order valence-corrected chi connectivity index (χ0v) is 30.6. The quantitative estimate of drug-likeness (QED) is 0.0790. The van der Waals surface area contributed by atoms with Gasteiger partial charge in [-0.1, -0.05) is 48.5 Å². The minimum Gasteiger partial charge on any atom is -0.382 e. The summed E-state index contributed by atoms with van der Waals surface area (Å²) in [4.78, 5) is 69.1. The van der Waals surface area contributed by atoms with Crippen molar-refractivity contribution in [1.29, 1.82) is 0 Å². The number of imide groups is 2. The Bertz CT molecular complexity index is 2390. The standard InChI is InChI=1S/C42H37F3N6O6/c1-24(48-38(53)27-13-16-30-26(23-27)5-2-6-29(30)25-11-14-28(15-12-25)42(43,44)45)32-8-4-10-35(49-32)47-20-22-57-21-19-46-33-9-3-7-31-37(33)41(56)51(40(31)55)34-17-18-36(52)50-39(34)54/h2-16,23-24,34,46H,17-22H2,1H3,(H,47,49)(H,48,53)(H,50,52,54)/t24-,34?/m0/s1. The van der Waals surface area contributed by atoms with E-state index in [-0.39, 0.29) is 36.5 Å². The van der Waals surface area contributed by atoms with Gasteiger partial charge in [-0.3, -0.25) is 34.2 Å². The number of carbonyl (C=O) groups is 5. The van der Waals surface area contributed by atoms with Crippen molar-refractivity contribution < 1.29 is 41.9 Å². The molecule has 5 amide bonds. The normalized spacial score (nSPS) is 16.0. The first-order chi connectivity index (χ1) is 27.4. The minimum atomic E-state index is -4.42. The smallest absolute Gasteiger partial charge is 0.382 e. The van der Waals surface area contributed by atoms with Gasteiger partial charge in [-0.05, 0) is 83.8 Å². The maximum atomic E-state index is 13.3. The van der Waals surface area contributed by atoms with E-state index in [0.717, 1.165) is 33.4 Å². The van der Waals surface area contributed by atoms with Crippen molar-refractivity contribution >= 4 is 51.8 Å². The summed E-state index contributed by atoms with van der Waals surface area (Å²) in [5, 5.41) is 13.1. The molecule has 4 aromatic carbocycles. The second-order valence-corrected chi connectivity index (χ2v) is 13.6. The molecule has 1 unspecified atom stereocenters. The lowest BCUT2D eigenvalue weighted by Crippen LogP contribution is -2.54. The third kappa shape index (κ3) is 8.33. The SMILES string of the molecule is C[C@H](NC(=O)c1ccc2c(-c3ccc(C(F)(F)F)cc3)cccc2c1)c1cccc(NCCOCCNc2cccc3c2C(=O)N(C2CCC(=O)NC2=O)C3=O)n1. The molecule has 0 saturated carbocycles. The lowest BCUT2D eigenvalue weighted by atomic mass is 9.96. The number of amides is 5. The molecule has 57 heavy (non-hydrogen) atoms. The zero-order valence-electron chi connectivity index (χ0n) is 30.6. The molecule has 2 aliphatic rings. The number of nitrogens with zero attached hydrogens (tertiary/aromatic N) is 2. The van der Waals surface area contributed by atoms with Crippen LogP contribution < -0.4 is 21.3 Å². The van der Waals surface area contributed by atoms with Crippen LogP contribution >= 0.6 is 0 Å². The van der Waals surface area contributed by atoms with Gasteiger partial charge in [0.2, 0.25) is 11.8 Å². The monoisotopic (exact) mass is 778 g/mol. The molecule has 15 heteroatoms. The number of carbonyl (C=O) groups excluding carboxylic acids is 5. The molecule has 7 rings (SSSR count). The third-order valence-electron chi connectivity index (χ3n) is 9.81. The second-order valence-electron chi connectivity index (χ2n) is 13.6. The van der Waals surface area contributed by atoms with Crippen LogP contribution in [0.3, 0.4) is 0 Å². The van der Waals surface area contributed by atoms with Crippen LogP contribution in [-0.2, 0) is 20.5 Å². The van der Waals surface area contributed by atoms with E-state index < -0.39 is 47.5 Å². The minimum absolute atomic E-state index is 0.0396. The fourth-order valence-electron chi connectivity index (χ4n) is 6.93. The second kappa shape index (κ2) is 16.2. The molecule has 0 aliphatic carbocycles. The van der Waals surface area contributed by atoms with Crippen molar-refractivity contribution in [3.05, 3.63) is 125 Å². The van der Waals surface area contributed by atoms with E-state index in [1.54, 1.807) is 48.5 Å². The lowest BCUT2D eigenvalue weighted by Gasteiger charge is -2.27. The van der Waals surface area contributed by atoms with Crippen LogP contribution in [0.15, 0.2) is 97.1 Å². The number of benzene rings is 4. The average Bonchev–Trinajstić information content (AvgIpc) is 3.45. The number of nitrogens with one attached hydrogen (secondary N) is 4. The maximum Gasteiger partial charge on any atom is 0.416 e. The summed E-state index contributed by atoms with van der Waals surface area (Å²) in [5.41, 5.74) is 2.53. The first-order valence-corrected chi connectivity index (χ1v) is 18.3. The molecule has 1 fully saturated rings. The summed E-state index contributed by atoms with van der Waals surface area (Å²) in [7, 11) is 0. The summed E-state index contributed by atoms with van der Waals surface area (Å²) in [5.74, 6) is -2.00. The molecule has 0 bridgehead atoms. The molecular formula is C42H37F3N6O6. The van der Waals surface area contributed by atoms with Gasteiger partial charge in [-0.2, -0.15) is 13.2 Å². The van der Waals surface area contributed by atoms with E-state index in [0.29, 0.717) is 48.0 Å². The number of pyridine rings is 1. The van der Waals surface area contributed by atoms with Crippen LogP contribution in [-0.4, -0.2) is 71.8 Å². The van der Waals surface area contributed by atoms with Crippen molar-refractivity contribution in [3.8, 4) is 11.1 Å². The molecule has 12 nitrogen and oxygen atoms in total. The Kier molecular flexibility index (Phi) is 11.0. The van der Waals surface area contributed by atoms with E-state index in [1.807, 2.05) is 25.1 Å². The van der Waals surface area contributed by atoms with E-state index in [9.17, 15) is 37.1 Å². The highest BCUT2D eigenvalue weighted by atomic mass is 19.4. The fraction of sp³-hybridized carbons (Fsp3) is 0.238. The summed E-state index contributed by atoms with van der Waals surface area (Å²) in [6.45, 7) is 3.19. The number of anilines is 2. The van der Waals surface area contributed by atoms with Crippen molar-refractivity contribution in [2.75, 3.05) is 36.9 Å². The summed E-state index contributed by atoms with van der Waals surface area (Å²) < 4.78 is 45.0. The first-order valence-electron chi connectivity index (χ1n) is 18.3. The summed E-state index contributed by atoms with van der Waals surface area (Å²) in [6.07, 6.45) is -4.31. The molecule has 5 aromatic rings. The number of hydrogen-bond acceptors (Lipinski definition) is 9. The predicted molar refractivity (Wildman–Crippen MR) is 205 cm³/mol. The van der Waals surface area contributed by atoms with Crippen LogP contribution in [0.4, 0.5) is 24.7 Å². The Hall–Kier alpha value is -6.61. The summed E-state index contributed by atoms with van der Waals surface area (Å²) in [6, 6.07) is 24.5. The molecule has 0 radical (unpaired) electrons. The molecular weight excluding hydrogens is 741 g/mol. The Labute approximate surface area is 324 Å². The highest BCUT2D eigenvalue weighted by molar-refractivity contribution is 6.25.